The van der Waals surface area contributed by atoms with Crippen molar-refractivity contribution in [1.82, 2.24) is 0 Å². The highest BCUT2D eigenvalue weighted by atomic mass is 32.2. The maximum Gasteiger partial charge on any atom is 0.0181 e. The molecule has 1 heteroatoms. The molecule has 0 N–H and O–H groups in total. The predicted molar refractivity (Wildman–Crippen MR) is 83.7 cm³/mol. The quantitative estimate of drug-likeness (QED) is 0.633. The fraction of sp³-hybridized carbons (Fsp3) is 0.750. The van der Waals surface area contributed by atoms with E-state index in [1.165, 1.54) is 17.9 Å². The van der Waals surface area contributed by atoms with Crippen LogP contribution >= 0.6 is 11.8 Å². The van der Waals surface area contributed by atoms with Crippen molar-refractivity contribution in [3.8, 4) is 0 Å². The number of rotatable bonds is 4. The molecule has 0 bridgehead atoms. The summed E-state index contributed by atoms with van der Waals surface area (Å²) in [5.74, 6) is 5.17. The Bertz CT molecular complexity index is 238. The van der Waals surface area contributed by atoms with Gasteiger partial charge in [0.25, 0.3) is 0 Å². The lowest BCUT2D eigenvalue weighted by atomic mass is 10.1. The second-order valence-corrected chi connectivity index (χ2v) is 5.60. The Balaban J connectivity index is 0.000000581. The van der Waals surface area contributed by atoms with Crippen LogP contribution in [-0.4, -0.2) is 11.5 Å². The first-order valence-electron chi connectivity index (χ1n) is 7.22. The standard InChI is InChI=1S/C12H18S.2C2H6/c1-9(2)7-13-8-10-3-4-11-6-12(11)5-10;2*1-2/h3-5,9,11-12H,6-8H2,1-2H3;2*1-2H3. The lowest BCUT2D eigenvalue weighted by Crippen LogP contribution is -1.95. The van der Waals surface area contributed by atoms with Gasteiger partial charge in [0.15, 0.2) is 0 Å². The Labute approximate surface area is 113 Å². The van der Waals surface area contributed by atoms with Gasteiger partial charge in [-0.05, 0) is 35.5 Å². The first kappa shape index (κ1) is 16.8. The van der Waals surface area contributed by atoms with E-state index in [9.17, 15) is 0 Å². The zero-order valence-corrected chi connectivity index (χ0v) is 13.3. The van der Waals surface area contributed by atoms with Gasteiger partial charge in [0, 0.05) is 5.75 Å². The molecule has 17 heavy (non-hydrogen) atoms. The van der Waals surface area contributed by atoms with Crippen molar-refractivity contribution in [2.45, 2.75) is 48.0 Å². The molecule has 2 aliphatic rings. The lowest BCUT2D eigenvalue weighted by Gasteiger charge is -2.07. The van der Waals surface area contributed by atoms with Crippen LogP contribution in [0, 0.1) is 17.8 Å². The second kappa shape index (κ2) is 9.82. The number of thioether (sulfide) groups is 1. The molecule has 0 aromatic carbocycles. The number of hydrogen-bond donors (Lipinski definition) is 0. The Morgan fingerprint density at radius 3 is 2.35 bits per heavy atom. The van der Waals surface area contributed by atoms with Crippen molar-refractivity contribution in [3.63, 3.8) is 0 Å². The van der Waals surface area contributed by atoms with E-state index in [2.05, 4.69) is 43.8 Å². The third-order valence-electron chi connectivity index (χ3n) is 2.60. The molecular formula is C16H30S. The summed E-state index contributed by atoms with van der Waals surface area (Å²) in [5, 5.41) is 0. The summed E-state index contributed by atoms with van der Waals surface area (Å²) in [4.78, 5) is 0. The molecule has 2 rings (SSSR count). The van der Waals surface area contributed by atoms with E-state index in [-0.39, 0.29) is 0 Å². The zero-order valence-electron chi connectivity index (χ0n) is 12.5. The van der Waals surface area contributed by atoms with Gasteiger partial charge in [0.05, 0.1) is 0 Å². The molecule has 0 amide bonds. The molecule has 0 aromatic rings. The van der Waals surface area contributed by atoms with Gasteiger partial charge in [0.1, 0.15) is 0 Å². The summed E-state index contributed by atoms with van der Waals surface area (Å²) in [6.07, 6.45) is 8.63. The number of hydrogen-bond acceptors (Lipinski definition) is 1. The maximum atomic E-state index is 2.48. The minimum absolute atomic E-state index is 0.826. The molecule has 2 unspecified atom stereocenters. The van der Waals surface area contributed by atoms with E-state index in [1.54, 1.807) is 5.57 Å². The normalized spacial score (nSPS) is 23.8. The van der Waals surface area contributed by atoms with E-state index >= 15 is 0 Å². The summed E-state index contributed by atoms with van der Waals surface area (Å²) in [7, 11) is 0. The molecule has 100 valence electrons. The minimum Gasteiger partial charge on any atom is -0.157 e. The van der Waals surface area contributed by atoms with E-state index in [0.717, 1.165) is 17.8 Å². The van der Waals surface area contributed by atoms with Crippen LogP contribution in [0.3, 0.4) is 0 Å². The van der Waals surface area contributed by atoms with Gasteiger partial charge in [-0.25, -0.2) is 0 Å². The molecule has 0 nitrogen and oxygen atoms in total. The lowest BCUT2D eigenvalue weighted by molar-refractivity contribution is 0.750. The van der Waals surface area contributed by atoms with Gasteiger partial charge in [-0.2, -0.15) is 11.8 Å². The highest BCUT2D eigenvalue weighted by molar-refractivity contribution is 7.99. The van der Waals surface area contributed by atoms with Crippen molar-refractivity contribution < 1.29 is 0 Å². The Kier molecular flexibility index (Phi) is 9.72. The van der Waals surface area contributed by atoms with Crippen molar-refractivity contribution in [2.24, 2.45) is 17.8 Å². The summed E-state index contributed by atoms with van der Waals surface area (Å²) in [6.45, 7) is 12.6. The van der Waals surface area contributed by atoms with Gasteiger partial charge in [-0.15, -0.1) is 0 Å². The molecule has 0 radical (unpaired) electrons. The topological polar surface area (TPSA) is 0 Å². The van der Waals surface area contributed by atoms with Crippen molar-refractivity contribution in [2.75, 3.05) is 11.5 Å². The molecule has 1 fully saturated rings. The Morgan fingerprint density at radius 1 is 1.18 bits per heavy atom. The summed E-state index contributed by atoms with van der Waals surface area (Å²) in [6, 6.07) is 0. The van der Waals surface area contributed by atoms with E-state index in [1.807, 2.05) is 27.7 Å². The third-order valence-corrected chi connectivity index (χ3v) is 4.04. The maximum absolute atomic E-state index is 2.48. The molecule has 0 heterocycles. The average Bonchev–Trinajstić information content (AvgIpc) is 3.12. The van der Waals surface area contributed by atoms with E-state index in [4.69, 9.17) is 0 Å². The van der Waals surface area contributed by atoms with Crippen LogP contribution in [0.4, 0.5) is 0 Å². The Morgan fingerprint density at radius 2 is 1.82 bits per heavy atom. The van der Waals surface area contributed by atoms with Crippen molar-refractivity contribution in [1.29, 1.82) is 0 Å². The molecule has 2 aliphatic carbocycles. The van der Waals surface area contributed by atoms with Crippen LogP contribution in [0.25, 0.3) is 0 Å². The highest BCUT2D eigenvalue weighted by Crippen LogP contribution is 2.44. The zero-order chi connectivity index (χ0) is 13.3. The first-order chi connectivity index (χ1) is 8.25. The Hall–Kier alpha value is -0.170. The van der Waals surface area contributed by atoms with Gasteiger partial charge < -0.3 is 0 Å². The van der Waals surface area contributed by atoms with Crippen LogP contribution in [-0.2, 0) is 0 Å². The van der Waals surface area contributed by atoms with Gasteiger partial charge in [0.2, 0.25) is 0 Å². The fourth-order valence-electron chi connectivity index (χ4n) is 1.74. The van der Waals surface area contributed by atoms with Crippen LogP contribution in [0.15, 0.2) is 23.8 Å². The van der Waals surface area contributed by atoms with Crippen LogP contribution in [0.5, 0.6) is 0 Å². The van der Waals surface area contributed by atoms with Gasteiger partial charge in [-0.1, -0.05) is 59.8 Å². The molecule has 1 saturated carbocycles. The van der Waals surface area contributed by atoms with Crippen molar-refractivity contribution in [3.05, 3.63) is 23.8 Å². The third kappa shape index (κ3) is 6.98. The number of allylic oxidation sites excluding steroid dienone is 3. The monoisotopic (exact) mass is 254 g/mol. The van der Waals surface area contributed by atoms with Crippen molar-refractivity contribution >= 4 is 11.8 Å². The summed E-state index contributed by atoms with van der Waals surface area (Å²) < 4.78 is 0. The molecule has 0 saturated heterocycles. The van der Waals surface area contributed by atoms with Crippen LogP contribution in [0.2, 0.25) is 0 Å². The molecule has 0 aliphatic heterocycles. The summed E-state index contributed by atoms with van der Waals surface area (Å²) >= 11 is 2.07. The molecular weight excluding hydrogens is 224 g/mol. The van der Waals surface area contributed by atoms with Crippen LogP contribution < -0.4 is 0 Å². The van der Waals surface area contributed by atoms with E-state index in [0.29, 0.717) is 0 Å². The predicted octanol–water partition coefficient (Wildman–Crippen LogP) is 5.56. The fourth-order valence-corrected chi connectivity index (χ4v) is 2.75. The first-order valence-corrected chi connectivity index (χ1v) is 8.38. The summed E-state index contributed by atoms with van der Waals surface area (Å²) in [5.41, 5.74) is 1.56. The second-order valence-electron chi connectivity index (χ2n) is 4.57. The SMILES string of the molecule is CC.CC.CC(C)CSCC1=CC2CC2C=C1. The number of fused-ring (bicyclic) bond motifs is 1. The largest absolute Gasteiger partial charge is 0.157 e. The van der Waals surface area contributed by atoms with Gasteiger partial charge >= 0.3 is 0 Å². The minimum atomic E-state index is 0.826. The molecule has 0 spiro atoms. The molecule has 0 aromatic heterocycles. The smallest absolute Gasteiger partial charge is 0.0181 e. The highest BCUT2D eigenvalue weighted by Gasteiger charge is 2.34. The van der Waals surface area contributed by atoms with E-state index < -0.39 is 0 Å². The average molecular weight is 254 g/mol. The molecule has 2 atom stereocenters. The van der Waals surface area contributed by atoms with Crippen LogP contribution in [0.1, 0.15) is 48.0 Å². The van der Waals surface area contributed by atoms with Gasteiger partial charge in [-0.3, -0.25) is 0 Å².